The van der Waals surface area contributed by atoms with E-state index >= 15 is 0 Å². The topological polar surface area (TPSA) is 32.3 Å². The van der Waals surface area contributed by atoms with Crippen LogP contribution in [0.4, 0.5) is 5.69 Å². The zero-order chi connectivity index (χ0) is 14.3. The molecule has 0 spiro atoms. The van der Waals surface area contributed by atoms with Gasteiger partial charge in [-0.05, 0) is 43.4 Å². The van der Waals surface area contributed by atoms with Crippen LogP contribution in [0.2, 0.25) is 0 Å². The van der Waals surface area contributed by atoms with E-state index in [0.717, 1.165) is 17.2 Å². The molecule has 3 heteroatoms. The van der Waals surface area contributed by atoms with Gasteiger partial charge >= 0.3 is 0 Å². The predicted molar refractivity (Wildman–Crippen MR) is 82.0 cm³/mol. The number of amides is 1. The van der Waals surface area contributed by atoms with E-state index in [2.05, 4.69) is 24.4 Å². The number of fused-ring (bicyclic) bond motifs is 1. The molecule has 3 atom stereocenters. The van der Waals surface area contributed by atoms with E-state index in [-0.39, 0.29) is 5.91 Å². The summed E-state index contributed by atoms with van der Waals surface area (Å²) in [6.45, 7) is 2.09. The highest BCUT2D eigenvalue weighted by Gasteiger charge is 2.41. The molecular weight excluding hydrogens is 248 g/mol. The number of carbonyl (C=O) groups is 1. The molecule has 1 aromatic rings. The lowest BCUT2D eigenvalue weighted by atomic mass is 9.71. The summed E-state index contributed by atoms with van der Waals surface area (Å²) in [5.74, 6) is 1.59. The van der Waals surface area contributed by atoms with Gasteiger partial charge < -0.3 is 10.2 Å². The first-order valence-corrected chi connectivity index (χ1v) is 7.32. The van der Waals surface area contributed by atoms with Gasteiger partial charge in [-0.15, -0.1) is 0 Å². The smallest absolute Gasteiger partial charge is 0.253 e. The maximum absolute atomic E-state index is 12.0. The molecule has 20 heavy (non-hydrogen) atoms. The van der Waals surface area contributed by atoms with Gasteiger partial charge in [-0.25, -0.2) is 0 Å². The molecule has 1 aromatic carbocycles. The van der Waals surface area contributed by atoms with Crippen molar-refractivity contribution in [3.05, 3.63) is 41.5 Å². The zero-order valence-electron chi connectivity index (χ0n) is 12.4. The van der Waals surface area contributed by atoms with Crippen LogP contribution in [-0.4, -0.2) is 30.9 Å². The average molecular weight is 270 g/mol. The van der Waals surface area contributed by atoms with Crippen LogP contribution in [-0.2, 0) is 0 Å². The molecule has 0 saturated heterocycles. The standard InChI is InChI=1S/C17H22N2O/c1-11-7-8-13(17(20)19(2)3)10-15(11)18-16-9-12-5-4-6-14(12)16/h4,6-8,10,12,14,16,18H,5,9H2,1-3H3. The molecule has 2 aliphatic rings. The molecule has 3 nitrogen and oxygen atoms in total. The fourth-order valence-electron chi connectivity index (χ4n) is 3.25. The summed E-state index contributed by atoms with van der Waals surface area (Å²) in [4.78, 5) is 13.7. The lowest BCUT2D eigenvalue weighted by Gasteiger charge is -2.41. The van der Waals surface area contributed by atoms with E-state index in [1.165, 1.54) is 18.4 Å². The van der Waals surface area contributed by atoms with Crippen molar-refractivity contribution in [2.24, 2.45) is 11.8 Å². The molecule has 1 saturated carbocycles. The van der Waals surface area contributed by atoms with E-state index < -0.39 is 0 Å². The van der Waals surface area contributed by atoms with Gasteiger partial charge in [0, 0.05) is 37.3 Å². The molecule has 0 aromatic heterocycles. The molecule has 3 rings (SSSR count). The number of nitrogens with zero attached hydrogens (tertiary/aromatic N) is 1. The summed E-state index contributed by atoms with van der Waals surface area (Å²) in [6, 6.07) is 6.45. The minimum atomic E-state index is 0.0558. The highest BCUT2D eigenvalue weighted by Crippen LogP contribution is 2.44. The first-order chi connectivity index (χ1) is 9.56. The van der Waals surface area contributed by atoms with Crippen molar-refractivity contribution in [1.82, 2.24) is 4.90 Å². The second-order valence-corrected chi connectivity index (χ2v) is 6.22. The number of hydrogen-bond acceptors (Lipinski definition) is 2. The van der Waals surface area contributed by atoms with Crippen LogP contribution in [0.5, 0.6) is 0 Å². The number of nitrogens with one attached hydrogen (secondary N) is 1. The Kier molecular flexibility index (Phi) is 3.28. The minimum absolute atomic E-state index is 0.0558. The van der Waals surface area contributed by atoms with E-state index in [9.17, 15) is 4.79 Å². The average Bonchev–Trinajstić information content (AvgIpc) is 2.78. The van der Waals surface area contributed by atoms with Crippen molar-refractivity contribution in [2.75, 3.05) is 19.4 Å². The predicted octanol–water partition coefficient (Wildman–Crippen LogP) is 3.07. The molecular formula is C17H22N2O. The molecule has 0 radical (unpaired) electrons. The monoisotopic (exact) mass is 270 g/mol. The SMILES string of the molecule is Cc1ccc(C(=O)N(C)C)cc1NC1CC2CC=CC21. The van der Waals surface area contributed by atoms with Gasteiger partial charge in [0.15, 0.2) is 0 Å². The van der Waals surface area contributed by atoms with Crippen LogP contribution < -0.4 is 5.32 Å². The van der Waals surface area contributed by atoms with Gasteiger partial charge in [-0.1, -0.05) is 18.2 Å². The Balaban J connectivity index is 1.77. The third-order valence-corrected chi connectivity index (χ3v) is 4.59. The van der Waals surface area contributed by atoms with E-state index in [1.807, 2.05) is 18.2 Å². The van der Waals surface area contributed by atoms with Gasteiger partial charge in [0.05, 0.1) is 0 Å². The Morgan fingerprint density at radius 2 is 2.15 bits per heavy atom. The van der Waals surface area contributed by atoms with Gasteiger partial charge in [0.2, 0.25) is 0 Å². The number of carbonyl (C=O) groups excluding carboxylic acids is 1. The third kappa shape index (κ3) is 2.21. The van der Waals surface area contributed by atoms with Crippen LogP contribution in [0.1, 0.15) is 28.8 Å². The highest BCUT2D eigenvalue weighted by atomic mass is 16.2. The van der Waals surface area contributed by atoms with E-state index in [1.54, 1.807) is 19.0 Å². The highest BCUT2D eigenvalue weighted by molar-refractivity contribution is 5.95. The Morgan fingerprint density at radius 3 is 2.85 bits per heavy atom. The molecule has 1 N–H and O–H groups in total. The first kappa shape index (κ1) is 13.2. The molecule has 2 aliphatic carbocycles. The van der Waals surface area contributed by atoms with Crippen LogP contribution in [0.15, 0.2) is 30.4 Å². The van der Waals surface area contributed by atoms with Crippen molar-refractivity contribution in [3.8, 4) is 0 Å². The fourth-order valence-corrected chi connectivity index (χ4v) is 3.25. The quantitative estimate of drug-likeness (QED) is 0.856. The largest absolute Gasteiger partial charge is 0.381 e. The number of benzene rings is 1. The van der Waals surface area contributed by atoms with Crippen LogP contribution in [0, 0.1) is 18.8 Å². The van der Waals surface area contributed by atoms with Crippen LogP contribution in [0.25, 0.3) is 0 Å². The first-order valence-electron chi connectivity index (χ1n) is 7.32. The number of rotatable bonds is 3. The molecule has 106 valence electrons. The number of allylic oxidation sites excluding steroid dienone is 1. The molecule has 0 bridgehead atoms. The lowest BCUT2D eigenvalue weighted by Crippen LogP contribution is -2.43. The minimum Gasteiger partial charge on any atom is -0.381 e. The summed E-state index contributed by atoms with van der Waals surface area (Å²) in [7, 11) is 3.57. The zero-order valence-corrected chi connectivity index (χ0v) is 12.4. The number of aryl methyl sites for hydroxylation is 1. The second kappa shape index (κ2) is 4.97. The van der Waals surface area contributed by atoms with Gasteiger partial charge in [0.1, 0.15) is 0 Å². The summed E-state index contributed by atoms with van der Waals surface area (Å²) in [5, 5.41) is 3.63. The Bertz CT molecular complexity index is 562. The van der Waals surface area contributed by atoms with Crippen molar-refractivity contribution in [3.63, 3.8) is 0 Å². The summed E-state index contributed by atoms with van der Waals surface area (Å²) in [6.07, 6.45) is 7.12. The third-order valence-electron chi connectivity index (χ3n) is 4.59. The molecule has 0 heterocycles. The van der Waals surface area contributed by atoms with E-state index in [4.69, 9.17) is 0 Å². The molecule has 1 fully saturated rings. The van der Waals surface area contributed by atoms with E-state index in [0.29, 0.717) is 12.0 Å². The van der Waals surface area contributed by atoms with Gasteiger partial charge in [-0.2, -0.15) is 0 Å². The molecule has 3 unspecified atom stereocenters. The van der Waals surface area contributed by atoms with Crippen LogP contribution >= 0.6 is 0 Å². The number of hydrogen-bond donors (Lipinski definition) is 1. The van der Waals surface area contributed by atoms with Crippen molar-refractivity contribution in [1.29, 1.82) is 0 Å². The molecule has 0 aliphatic heterocycles. The van der Waals surface area contributed by atoms with Crippen LogP contribution in [0.3, 0.4) is 0 Å². The van der Waals surface area contributed by atoms with Crippen molar-refractivity contribution < 1.29 is 4.79 Å². The van der Waals surface area contributed by atoms with Crippen molar-refractivity contribution in [2.45, 2.75) is 25.8 Å². The Hall–Kier alpha value is -1.77. The maximum Gasteiger partial charge on any atom is 0.253 e. The summed E-state index contributed by atoms with van der Waals surface area (Å²) >= 11 is 0. The summed E-state index contributed by atoms with van der Waals surface area (Å²) < 4.78 is 0. The fraction of sp³-hybridized carbons (Fsp3) is 0.471. The lowest BCUT2D eigenvalue weighted by molar-refractivity contribution is 0.0827. The van der Waals surface area contributed by atoms with Crippen molar-refractivity contribution >= 4 is 11.6 Å². The summed E-state index contributed by atoms with van der Waals surface area (Å²) in [5.41, 5.74) is 3.05. The van der Waals surface area contributed by atoms with Gasteiger partial charge in [-0.3, -0.25) is 4.79 Å². The maximum atomic E-state index is 12.0. The Morgan fingerprint density at radius 1 is 1.35 bits per heavy atom. The normalized spacial score (nSPS) is 26.9. The number of anilines is 1. The Labute approximate surface area is 120 Å². The second-order valence-electron chi connectivity index (χ2n) is 6.22. The molecule has 1 amide bonds. The van der Waals surface area contributed by atoms with Gasteiger partial charge in [0.25, 0.3) is 5.91 Å².